The molecule has 2 rings (SSSR count). The number of aliphatic hydroxyl groups excluding tert-OH is 1. The summed E-state index contributed by atoms with van der Waals surface area (Å²) in [6, 6.07) is 9.84. The molecule has 6 heteroatoms. The molecule has 0 unspecified atom stereocenters. The zero-order valence-electron chi connectivity index (χ0n) is 12.6. The minimum Gasteiger partial charge on any atom is -0.493 e. The van der Waals surface area contributed by atoms with Crippen LogP contribution in [-0.4, -0.2) is 24.2 Å². The Morgan fingerprint density at radius 1 is 1.09 bits per heavy atom. The van der Waals surface area contributed by atoms with Crippen LogP contribution in [0, 0.1) is 17.0 Å². The van der Waals surface area contributed by atoms with E-state index >= 15 is 0 Å². The molecule has 0 aromatic heterocycles. The van der Waals surface area contributed by atoms with Crippen LogP contribution in [0.25, 0.3) is 0 Å². The van der Waals surface area contributed by atoms with Crippen molar-refractivity contribution in [3.8, 4) is 11.5 Å². The van der Waals surface area contributed by atoms with Crippen LogP contribution in [0.3, 0.4) is 0 Å². The Balaban J connectivity index is 2.56. The number of nitrogens with zero attached hydrogens (tertiary/aromatic N) is 1. The summed E-state index contributed by atoms with van der Waals surface area (Å²) in [5.74, 6) is 0.573. The smallest absolute Gasteiger partial charge is 0.279 e. The van der Waals surface area contributed by atoms with E-state index in [2.05, 4.69) is 0 Å². The number of hydrogen-bond acceptors (Lipinski definition) is 5. The first-order valence-electron chi connectivity index (χ1n) is 6.63. The highest BCUT2D eigenvalue weighted by molar-refractivity contribution is 5.56. The van der Waals surface area contributed by atoms with Crippen molar-refractivity contribution in [2.24, 2.45) is 0 Å². The minimum atomic E-state index is -1.12. The maximum Gasteiger partial charge on any atom is 0.279 e. The third-order valence-corrected chi connectivity index (χ3v) is 3.42. The molecule has 0 radical (unpaired) electrons. The van der Waals surface area contributed by atoms with Gasteiger partial charge in [0.1, 0.15) is 6.10 Å². The third-order valence-electron chi connectivity index (χ3n) is 3.42. The Morgan fingerprint density at radius 3 is 2.14 bits per heavy atom. The van der Waals surface area contributed by atoms with E-state index in [-0.39, 0.29) is 17.0 Å². The summed E-state index contributed by atoms with van der Waals surface area (Å²) in [7, 11) is 2.84. The predicted octanol–water partition coefficient (Wildman–Crippen LogP) is 3.00. The van der Waals surface area contributed by atoms with Crippen LogP contribution in [0.4, 0.5) is 5.69 Å². The van der Waals surface area contributed by atoms with Crippen LogP contribution in [0.15, 0.2) is 36.4 Å². The van der Waals surface area contributed by atoms with Gasteiger partial charge in [0, 0.05) is 0 Å². The highest BCUT2D eigenvalue weighted by atomic mass is 16.6. The lowest BCUT2D eigenvalue weighted by Crippen LogP contribution is -2.05. The van der Waals surface area contributed by atoms with Crippen molar-refractivity contribution in [1.82, 2.24) is 0 Å². The van der Waals surface area contributed by atoms with E-state index in [9.17, 15) is 15.2 Å². The molecular formula is C16H17NO5. The summed E-state index contributed by atoms with van der Waals surface area (Å²) in [5.41, 5.74) is 1.55. The number of aliphatic hydroxyl groups is 1. The Labute approximate surface area is 128 Å². The lowest BCUT2D eigenvalue weighted by Gasteiger charge is -2.15. The Bertz CT molecular complexity index is 682. The van der Waals surface area contributed by atoms with Gasteiger partial charge in [-0.15, -0.1) is 0 Å². The SMILES string of the molecule is COc1cc([C@@H](O)c2ccc(C)cc2)c([N+](=O)[O-])cc1OC. The highest BCUT2D eigenvalue weighted by Crippen LogP contribution is 2.39. The lowest BCUT2D eigenvalue weighted by molar-refractivity contribution is -0.386. The Morgan fingerprint density at radius 2 is 1.64 bits per heavy atom. The average Bonchev–Trinajstić information content (AvgIpc) is 2.53. The van der Waals surface area contributed by atoms with Crippen molar-refractivity contribution in [2.75, 3.05) is 14.2 Å². The summed E-state index contributed by atoms with van der Waals surface area (Å²) in [4.78, 5) is 10.7. The summed E-state index contributed by atoms with van der Waals surface area (Å²) in [5, 5.41) is 21.8. The largest absolute Gasteiger partial charge is 0.493 e. The van der Waals surface area contributed by atoms with E-state index in [0.29, 0.717) is 11.3 Å². The highest BCUT2D eigenvalue weighted by Gasteiger charge is 2.25. The van der Waals surface area contributed by atoms with Crippen LogP contribution < -0.4 is 9.47 Å². The second-order valence-corrected chi connectivity index (χ2v) is 4.84. The topological polar surface area (TPSA) is 81.8 Å². The first-order chi connectivity index (χ1) is 10.5. The molecule has 0 aliphatic carbocycles. The third kappa shape index (κ3) is 3.01. The van der Waals surface area contributed by atoms with Crippen molar-refractivity contribution >= 4 is 5.69 Å². The lowest BCUT2D eigenvalue weighted by atomic mass is 9.98. The number of nitro benzene ring substituents is 1. The molecule has 0 saturated carbocycles. The van der Waals surface area contributed by atoms with Gasteiger partial charge < -0.3 is 14.6 Å². The first-order valence-corrected chi connectivity index (χ1v) is 6.63. The van der Waals surface area contributed by atoms with Gasteiger partial charge in [-0.05, 0) is 18.6 Å². The van der Waals surface area contributed by atoms with Crippen molar-refractivity contribution in [3.05, 3.63) is 63.2 Å². The molecule has 2 aromatic rings. The number of rotatable bonds is 5. The predicted molar refractivity (Wildman–Crippen MR) is 81.4 cm³/mol. The first kappa shape index (κ1) is 15.8. The van der Waals surface area contributed by atoms with Gasteiger partial charge in [0.2, 0.25) is 0 Å². The second-order valence-electron chi connectivity index (χ2n) is 4.84. The second kappa shape index (κ2) is 6.44. The van der Waals surface area contributed by atoms with Crippen LogP contribution in [0.5, 0.6) is 11.5 Å². The van der Waals surface area contributed by atoms with E-state index in [1.807, 2.05) is 19.1 Å². The van der Waals surface area contributed by atoms with E-state index in [0.717, 1.165) is 5.56 Å². The van der Waals surface area contributed by atoms with Gasteiger partial charge >= 0.3 is 0 Å². The van der Waals surface area contributed by atoms with Gasteiger partial charge in [-0.2, -0.15) is 0 Å². The molecule has 0 spiro atoms. The molecule has 22 heavy (non-hydrogen) atoms. The quantitative estimate of drug-likeness (QED) is 0.678. The van der Waals surface area contributed by atoms with Crippen molar-refractivity contribution < 1.29 is 19.5 Å². The van der Waals surface area contributed by atoms with E-state index in [1.165, 1.54) is 26.4 Å². The van der Waals surface area contributed by atoms with Crippen molar-refractivity contribution in [1.29, 1.82) is 0 Å². The minimum absolute atomic E-state index is 0.159. The molecule has 0 aliphatic heterocycles. The van der Waals surface area contributed by atoms with E-state index < -0.39 is 11.0 Å². The normalized spacial score (nSPS) is 11.8. The molecule has 0 fully saturated rings. The zero-order valence-corrected chi connectivity index (χ0v) is 12.6. The van der Waals surface area contributed by atoms with Crippen molar-refractivity contribution in [2.45, 2.75) is 13.0 Å². The summed E-state index contributed by atoms with van der Waals surface area (Å²) in [6.45, 7) is 1.93. The molecule has 6 nitrogen and oxygen atoms in total. The van der Waals surface area contributed by atoms with Crippen molar-refractivity contribution in [3.63, 3.8) is 0 Å². The van der Waals surface area contributed by atoms with Gasteiger partial charge in [0.25, 0.3) is 5.69 Å². The number of ether oxygens (including phenoxy) is 2. The van der Waals surface area contributed by atoms with Crippen LogP contribution in [0.2, 0.25) is 0 Å². The van der Waals surface area contributed by atoms with Crippen LogP contribution >= 0.6 is 0 Å². The molecule has 116 valence electrons. The van der Waals surface area contributed by atoms with Gasteiger partial charge in [0.15, 0.2) is 11.5 Å². The number of benzene rings is 2. The molecule has 0 heterocycles. The molecule has 1 atom stereocenters. The molecule has 0 aliphatic rings. The molecular weight excluding hydrogens is 286 g/mol. The van der Waals surface area contributed by atoms with Gasteiger partial charge in [0.05, 0.1) is 30.8 Å². The molecule has 0 amide bonds. The van der Waals surface area contributed by atoms with Gasteiger partial charge in [-0.25, -0.2) is 0 Å². The van der Waals surface area contributed by atoms with Gasteiger partial charge in [-0.3, -0.25) is 10.1 Å². The fourth-order valence-corrected chi connectivity index (χ4v) is 2.19. The van der Waals surface area contributed by atoms with Gasteiger partial charge in [-0.1, -0.05) is 29.8 Å². The number of methoxy groups -OCH3 is 2. The maximum absolute atomic E-state index is 11.3. The summed E-state index contributed by atoms with van der Waals surface area (Å²) >= 11 is 0. The Hall–Kier alpha value is -2.60. The molecule has 2 aromatic carbocycles. The fraction of sp³-hybridized carbons (Fsp3) is 0.250. The van der Waals surface area contributed by atoms with Crippen LogP contribution in [0.1, 0.15) is 22.8 Å². The average molecular weight is 303 g/mol. The number of hydrogen-bond donors (Lipinski definition) is 1. The monoisotopic (exact) mass is 303 g/mol. The fourth-order valence-electron chi connectivity index (χ4n) is 2.19. The molecule has 0 bridgehead atoms. The van der Waals surface area contributed by atoms with E-state index in [1.54, 1.807) is 12.1 Å². The standard InChI is InChI=1S/C16H17NO5/c1-10-4-6-11(7-5-10)16(18)12-8-14(21-2)15(22-3)9-13(12)17(19)20/h4-9,16,18H,1-3H3/t16-/m0/s1. The van der Waals surface area contributed by atoms with Crippen LogP contribution in [-0.2, 0) is 0 Å². The molecule has 0 saturated heterocycles. The molecule has 1 N–H and O–H groups in total. The van der Waals surface area contributed by atoms with E-state index in [4.69, 9.17) is 9.47 Å². The number of aryl methyl sites for hydroxylation is 1. The summed E-state index contributed by atoms with van der Waals surface area (Å²) < 4.78 is 10.2. The maximum atomic E-state index is 11.3. The number of nitro groups is 1. The Kier molecular flexibility index (Phi) is 4.62. The zero-order chi connectivity index (χ0) is 16.3. The summed E-state index contributed by atoms with van der Waals surface area (Å²) in [6.07, 6.45) is -1.12.